The predicted octanol–water partition coefficient (Wildman–Crippen LogP) is 1.22. The zero-order chi connectivity index (χ0) is 11.7. The standard InChI is InChI=1S/C13H22N4/c14-13-2-1-5-16(10-13)7-12-6-15-17(9-12)8-11-3-4-11/h6,9,11,13H,1-5,7-8,10,14H2/t13-/m0/s1. The molecule has 0 radical (unpaired) electrons. The van der Waals surface area contributed by atoms with E-state index in [1.807, 2.05) is 6.20 Å². The lowest BCUT2D eigenvalue weighted by Crippen LogP contribution is -2.42. The predicted molar refractivity (Wildman–Crippen MR) is 67.4 cm³/mol. The maximum Gasteiger partial charge on any atom is 0.0534 e. The molecule has 1 saturated carbocycles. The third-order valence-electron chi connectivity index (χ3n) is 3.78. The van der Waals surface area contributed by atoms with Crippen LogP contribution >= 0.6 is 0 Å². The molecular weight excluding hydrogens is 212 g/mol. The molecule has 1 saturated heterocycles. The van der Waals surface area contributed by atoms with Crippen molar-refractivity contribution in [3.05, 3.63) is 18.0 Å². The number of nitrogens with zero attached hydrogens (tertiary/aromatic N) is 3. The molecule has 94 valence electrons. The van der Waals surface area contributed by atoms with Crippen molar-refractivity contribution in [2.75, 3.05) is 13.1 Å². The molecule has 0 bridgehead atoms. The molecule has 3 rings (SSSR count). The summed E-state index contributed by atoms with van der Waals surface area (Å²) in [6.07, 6.45) is 9.40. The van der Waals surface area contributed by atoms with Crippen LogP contribution in [0, 0.1) is 5.92 Å². The van der Waals surface area contributed by atoms with Crippen molar-refractivity contribution in [1.82, 2.24) is 14.7 Å². The van der Waals surface area contributed by atoms with E-state index in [1.165, 1.54) is 37.8 Å². The molecule has 2 fully saturated rings. The van der Waals surface area contributed by atoms with Crippen LogP contribution in [0.2, 0.25) is 0 Å². The van der Waals surface area contributed by atoms with Gasteiger partial charge in [0, 0.05) is 37.4 Å². The zero-order valence-corrected chi connectivity index (χ0v) is 10.4. The van der Waals surface area contributed by atoms with Crippen molar-refractivity contribution in [1.29, 1.82) is 0 Å². The minimum atomic E-state index is 0.366. The Kier molecular flexibility index (Phi) is 3.16. The Labute approximate surface area is 103 Å². The molecule has 1 aromatic rings. The summed E-state index contributed by atoms with van der Waals surface area (Å²) in [5.41, 5.74) is 7.33. The van der Waals surface area contributed by atoms with Gasteiger partial charge < -0.3 is 5.73 Å². The highest BCUT2D eigenvalue weighted by atomic mass is 15.3. The maximum absolute atomic E-state index is 6.00. The normalized spacial score (nSPS) is 26.3. The SMILES string of the molecule is N[C@H]1CCCN(Cc2cnn(CC3CC3)c2)C1. The molecule has 1 aliphatic carbocycles. The molecule has 0 aromatic carbocycles. The Morgan fingerprint density at radius 3 is 3.00 bits per heavy atom. The Hall–Kier alpha value is -0.870. The molecule has 2 N–H and O–H groups in total. The van der Waals surface area contributed by atoms with E-state index in [2.05, 4.69) is 20.9 Å². The van der Waals surface area contributed by atoms with E-state index < -0.39 is 0 Å². The minimum Gasteiger partial charge on any atom is -0.327 e. The number of piperidine rings is 1. The number of rotatable bonds is 4. The summed E-state index contributed by atoms with van der Waals surface area (Å²) >= 11 is 0. The second kappa shape index (κ2) is 4.78. The van der Waals surface area contributed by atoms with Crippen LogP contribution in [0.3, 0.4) is 0 Å². The lowest BCUT2D eigenvalue weighted by Gasteiger charge is -2.30. The van der Waals surface area contributed by atoms with E-state index in [9.17, 15) is 0 Å². The maximum atomic E-state index is 6.00. The van der Waals surface area contributed by atoms with Gasteiger partial charge in [0.05, 0.1) is 6.20 Å². The molecule has 1 aromatic heterocycles. The lowest BCUT2D eigenvalue weighted by molar-refractivity contribution is 0.201. The fourth-order valence-corrected chi connectivity index (χ4v) is 2.65. The summed E-state index contributed by atoms with van der Waals surface area (Å²) in [5, 5.41) is 4.44. The topological polar surface area (TPSA) is 47.1 Å². The van der Waals surface area contributed by atoms with Crippen LogP contribution in [0.25, 0.3) is 0 Å². The number of aromatic nitrogens is 2. The Morgan fingerprint density at radius 1 is 1.35 bits per heavy atom. The van der Waals surface area contributed by atoms with E-state index in [1.54, 1.807) is 0 Å². The molecule has 0 unspecified atom stereocenters. The monoisotopic (exact) mass is 234 g/mol. The quantitative estimate of drug-likeness (QED) is 0.852. The van der Waals surface area contributed by atoms with Gasteiger partial charge in [-0.2, -0.15) is 5.10 Å². The average molecular weight is 234 g/mol. The van der Waals surface area contributed by atoms with E-state index in [-0.39, 0.29) is 0 Å². The molecule has 0 spiro atoms. The first-order valence-electron chi connectivity index (χ1n) is 6.79. The molecule has 2 heterocycles. The lowest BCUT2D eigenvalue weighted by atomic mass is 10.1. The molecule has 4 heteroatoms. The first kappa shape index (κ1) is 11.2. The van der Waals surface area contributed by atoms with Gasteiger partial charge in [-0.25, -0.2) is 0 Å². The smallest absolute Gasteiger partial charge is 0.0534 e. The molecule has 1 atom stereocenters. The van der Waals surface area contributed by atoms with Gasteiger partial charge in [-0.3, -0.25) is 9.58 Å². The fourth-order valence-electron chi connectivity index (χ4n) is 2.65. The summed E-state index contributed by atoms with van der Waals surface area (Å²) in [7, 11) is 0. The van der Waals surface area contributed by atoms with Crippen molar-refractivity contribution >= 4 is 0 Å². The third kappa shape index (κ3) is 3.07. The average Bonchev–Trinajstić information content (AvgIpc) is 2.99. The van der Waals surface area contributed by atoms with Crippen LogP contribution in [0.1, 0.15) is 31.2 Å². The van der Waals surface area contributed by atoms with Gasteiger partial charge in [-0.05, 0) is 38.1 Å². The summed E-state index contributed by atoms with van der Waals surface area (Å²) in [5.74, 6) is 0.895. The van der Waals surface area contributed by atoms with E-state index in [0.29, 0.717) is 6.04 Å². The van der Waals surface area contributed by atoms with Gasteiger partial charge in [0.15, 0.2) is 0 Å². The summed E-state index contributed by atoms with van der Waals surface area (Å²) in [6.45, 7) is 4.34. The molecule has 4 nitrogen and oxygen atoms in total. The number of hydrogen-bond donors (Lipinski definition) is 1. The van der Waals surface area contributed by atoms with Gasteiger partial charge >= 0.3 is 0 Å². The first-order chi connectivity index (χ1) is 8.29. The van der Waals surface area contributed by atoms with Gasteiger partial charge in [0.2, 0.25) is 0 Å². The number of nitrogens with two attached hydrogens (primary N) is 1. The van der Waals surface area contributed by atoms with Crippen molar-refractivity contribution in [3.8, 4) is 0 Å². The molecule has 17 heavy (non-hydrogen) atoms. The van der Waals surface area contributed by atoms with Crippen molar-refractivity contribution in [2.45, 2.75) is 44.8 Å². The second-order valence-corrected chi connectivity index (χ2v) is 5.65. The minimum absolute atomic E-state index is 0.366. The van der Waals surface area contributed by atoms with E-state index in [0.717, 1.165) is 25.6 Å². The highest BCUT2D eigenvalue weighted by molar-refractivity contribution is 5.04. The molecule has 2 aliphatic rings. The summed E-state index contributed by atoms with van der Waals surface area (Å²) in [6, 6.07) is 0.366. The Balaban J connectivity index is 1.54. The van der Waals surface area contributed by atoms with Gasteiger partial charge in [0.1, 0.15) is 0 Å². The first-order valence-corrected chi connectivity index (χ1v) is 6.79. The highest BCUT2D eigenvalue weighted by Crippen LogP contribution is 2.30. The van der Waals surface area contributed by atoms with Crippen LogP contribution < -0.4 is 5.73 Å². The van der Waals surface area contributed by atoms with E-state index in [4.69, 9.17) is 5.73 Å². The van der Waals surface area contributed by atoms with Crippen LogP contribution in [0.5, 0.6) is 0 Å². The summed E-state index contributed by atoms with van der Waals surface area (Å²) < 4.78 is 2.11. The number of likely N-dealkylation sites (tertiary alicyclic amines) is 1. The van der Waals surface area contributed by atoms with Crippen LogP contribution in [-0.2, 0) is 13.1 Å². The fraction of sp³-hybridized carbons (Fsp3) is 0.769. The molecule has 1 aliphatic heterocycles. The Bertz CT molecular complexity index is 369. The van der Waals surface area contributed by atoms with Crippen LogP contribution in [-0.4, -0.2) is 33.8 Å². The summed E-state index contributed by atoms with van der Waals surface area (Å²) in [4.78, 5) is 2.45. The zero-order valence-electron chi connectivity index (χ0n) is 10.4. The largest absolute Gasteiger partial charge is 0.327 e. The van der Waals surface area contributed by atoms with Crippen molar-refractivity contribution in [3.63, 3.8) is 0 Å². The van der Waals surface area contributed by atoms with E-state index >= 15 is 0 Å². The Morgan fingerprint density at radius 2 is 2.24 bits per heavy atom. The van der Waals surface area contributed by atoms with Gasteiger partial charge in [0.25, 0.3) is 0 Å². The van der Waals surface area contributed by atoms with Gasteiger partial charge in [-0.15, -0.1) is 0 Å². The molecule has 0 amide bonds. The van der Waals surface area contributed by atoms with Crippen LogP contribution in [0.15, 0.2) is 12.4 Å². The second-order valence-electron chi connectivity index (χ2n) is 5.65. The highest BCUT2D eigenvalue weighted by Gasteiger charge is 2.22. The van der Waals surface area contributed by atoms with Crippen molar-refractivity contribution < 1.29 is 0 Å². The van der Waals surface area contributed by atoms with Crippen molar-refractivity contribution in [2.24, 2.45) is 11.7 Å². The van der Waals surface area contributed by atoms with Gasteiger partial charge in [-0.1, -0.05) is 0 Å². The third-order valence-corrected chi connectivity index (χ3v) is 3.78. The number of hydrogen-bond acceptors (Lipinski definition) is 3. The van der Waals surface area contributed by atoms with Crippen LogP contribution in [0.4, 0.5) is 0 Å². The molecular formula is C13H22N4.